The van der Waals surface area contributed by atoms with Crippen LogP contribution in [0.25, 0.3) is 0 Å². The standard InChI is InChI=1S/C23H24Cl2N4O2/c1-15-12-21(30)26-27-23(15)16-3-6-19(7-4-16)28-8-10-29(11-9-28)22(31)13-17-2-5-18(24)14-20(17)25/h2-7,14-15H,8-13H2,1H3,(H,26,30)/t15-/m1/s1. The average molecular weight is 459 g/mol. The Kier molecular flexibility index (Phi) is 6.49. The second kappa shape index (κ2) is 9.28. The fraction of sp³-hybridized carbons (Fsp3) is 0.348. The van der Waals surface area contributed by atoms with Gasteiger partial charge >= 0.3 is 0 Å². The average Bonchev–Trinajstić information content (AvgIpc) is 2.76. The minimum atomic E-state index is -0.0429. The van der Waals surface area contributed by atoms with E-state index in [9.17, 15) is 9.59 Å². The third kappa shape index (κ3) is 5.02. The molecule has 2 aromatic rings. The van der Waals surface area contributed by atoms with Crippen LogP contribution in [0.2, 0.25) is 10.0 Å². The maximum atomic E-state index is 12.7. The van der Waals surface area contributed by atoms with Crippen molar-refractivity contribution >= 4 is 46.4 Å². The van der Waals surface area contributed by atoms with Gasteiger partial charge < -0.3 is 9.80 Å². The summed E-state index contributed by atoms with van der Waals surface area (Å²) in [7, 11) is 0. The van der Waals surface area contributed by atoms with E-state index in [0.29, 0.717) is 29.6 Å². The minimum absolute atomic E-state index is 0.0429. The first-order valence-corrected chi connectivity index (χ1v) is 11.1. The molecule has 2 aliphatic heterocycles. The highest BCUT2D eigenvalue weighted by Gasteiger charge is 2.24. The van der Waals surface area contributed by atoms with Gasteiger partial charge in [-0.2, -0.15) is 5.10 Å². The highest BCUT2D eigenvalue weighted by atomic mass is 35.5. The molecule has 6 nitrogen and oxygen atoms in total. The van der Waals surface area contributed by atoms with Gasteiger partial charge in [0.25, 0.3) is 0 Å². The maximum Gasteiger partial charge on any atom is 0.240 e. The lowest BCUT2D eigenvalue weighted by Gasteiger charge is -2.36. The molecule has 0 spiro atoms. The summed E-state index contributed by atoms with van der Waals surface area (Å²) in [6.07, 6.45) is 0.735. The van der Waals surface area contributed by atoms with Crippen LogP contribution in [0.15, 0.2) is 47.6 Å². The maximum absolute atomic E-state index is 12.7. The van der Waals surface area contributed by atoms with Crippen molar-refractivity contribution < 1.29 is 9.59 Å². The number of benzene rings is 2. The molecular formula is C23H24Cl2N4O2. The van der Waals surface area contributed by atoms with E-state index in [1.54, 1.807) is 12.1 Å². The van der Waals surface area contributed by atoms with Gasteiger partial charge in [-0.1, -0.05) is 48.3 Å². The molecule has 2 amide bonds. The van der Waals surface area contributed by atoms with Crippen molar-refractivity contribution in [3.63, 3.8) is 0 Å². The topological polar surface area (TPSA) is 65.0 Å². The van der Waals surface area contributed by atoms with Crippen molar-refractivity contribution in [2.24, 2.45) is 11.0 Å². The normalized spacial score (nSPS) is 19.1. The predicted octanol–water partition coefficient (Wildman–Crippen LogP) is 3.74. The molecule has 1 N–H and O–H groups in total. The van der Waals surface area contributed by atoms with E-state index >= 15 is 0 Å². The Balaban J connectivity index is 1.34. The Hall–Kier alpha value is -2.57. The van der Waals surface area contributed by atoms with Crippen molar-refractivity contribution in [1.29, 1.82) is 0 Å². The number of hydrogen-bond acceptors (Lipinski definition) is 4. The summed E-state index contributed by atoms with van der Waals surface area (Å²) >= 11 is 12.1. The summed E-state index contributed by atoms with van der Waals surface area (Å²) in [5, 5.41) is 5.31. The van der Waals surface area contributed by atoms with Gasteiger partial charge in [0, 0.05) is 54.3 Å². The Morgan fingerprint density at radius 1 is 1.10 bits per heavy atom. The molecule has 2 aromatic carbocycles. The summed E-state index contributed by atoms with van der Waals surface area (Å²) in [5.74, 6) is 0.132. The fourth-order valence-corrected chi connectivity index (χ4v) is 4.47. The van der Waals surface area contributed by atoms with E-state index < -0.39 is 0 Å². The lowest BCUT2D eigenvalue weighted by molar-refractivity contribution is -0.130. The Morgan fingerprint density at radius 3 is 2.45 bits per heavy atom. The molecule has 1 fully saturated rings. The minimum Gasteiger partial charge on any atom is -0.368 e. The molecule has 0 aromatic heterocycles. The van der Waals surface area contributed by atoms with Gasteiger partial charge in [-0.05, 0) is 35.4 Å². The van der Waals surface area contributed by atoms with Gasteiger partial charge in [-0.25, -0.2) is 5.43 Å². The Labute approximate surface area is 191 Å². The SMILES string of the molecule is C[C@@H]1CC(=O)NN=C1c1ccc(N2CCN(C(=O)Cc3ccc(Cl)cc3Cl)CC2)cc1. The van der Waals surface area contributed by atoms with Crippen molar-refractivity contribution in [2.75, 3.05) is 31.1 Å². The number of nitrogens with zero attached hydrogens (tertiary/aromatic N) is 3. The van der Waals surface area contributed by atoms with Crippen LogP contribution in [0.1, 0.15) is 24.5 Å². The van der Waals surface area contributed by atoms with Crippen molar-refractivity contribution in [3.05, 3.63) is 63.6 Å². The van der Waals surface area contributed by atoms with E-state index in [1.807, 2.05) is 30.0 Å². The van der Waals surface area contributed by atoms with Crippen LogP contribution in [0.4, 0.5) is 5.69 Å². The molecule has 4 rings (SSSR count). The Morgan fingerprint density at radius 2 is 1.81 bits per heavy atom. The molecule has 0 saturated carbocycles. The number of piperazine rings is 1. The molecule has 162 valence electrons. The summed E-state index contributed by atoms with van der Waals surface area (Å²) in [5.41, 5.74) is 6.40. The molecule has 0 unspecified atom stereocenters. The highest BCUT2D eigenvalue weighted by molar-refractivity contribution is 6.35. The lowest BCUT2D eigenvalue weighted by Crippen LogP contribution is -2.49. The van der Waals surface area contributed by atoms with Crippen LogP contribution in [-0.2, 0) is 16.0 Å². The first-order chi connectivity index (χ1) is 14.9. The molecule has 8 heteroatoms. The quantitative estimate of drug-likeness (QED) is 0.758. The highest BCUT2D eigenvalue weighted by Crippen LogP contribution is 2.24. The van der Waals surface area contributed by atoms with Gasteiger partial charge in [0.15, 0.2) is 0 Å². The first kappa shape index (κ1) is 21.7. The van der Waals surface area contributed by atoms with Crippen LogP contribution in [0.5, 0.6) is 0 Å². The summed E-state index contributed by atoms with van der Waals surface area (Å²) in [4.78, 5) is 28.3. The van der Waals surface area contributed by atoms with Crippen LogP contribution in [-0.4, -0.2) is 48.6 Å². The fourth-order valence-electron chi connectivity index (χ4n) is 4.00. The van der Waals surface area contributed by atoms with Gasteiger partial charge in [-0.3, -0.25) is 9.59 Å². The summed E-state index contributed by atoms with van der Waals surface area (Å²) in [6, 6.07) is 13.5. The zero-order chi connectivity index (χ0) is 22.0. The van der Waals surface area contributed by atoms with Gasteiger partial charge in [0.2, 0.25) is 11.8 Å². The molecule has 0 radical (unpaired) electrons. The van der Waals surface area contributed by atoms with Crippen molar-refractivity contribution in [2.45, 2.75) is 19.8 Å². The summed E-state index contributed by atoms with van der Waals surface area (Å²) in [6.45, 7) is 4.89. The number of carbonyl (C=O) groups excluding carboxylic acids is 2. The molecule has 2 aliphatic rings. The Bertz CT molecular complexity index is 1010. The molecule has 0 aliphatic carbocycles. The van der Waals surface area contributed by atoms with Crippen LogP contribution in [0, 0.1) is 5.92 Å². The number of hydrazone groups is 1. The van der Waals surface area contributed by atoms with E-state index in [2.05, 4.69) is 27.6 Å². The third-order valence-corrected chi connectivity index (χ3v) is 6.36. The number of amides is 2. The number of anilines is 1. The van der Waals surface area contributed by atoms with Crippen LogP contribution < -0.4 is 10.3 Å². The third-order valence-electron chi connectivity index (χ3n) is 5.78. The lowest BCUT2D eigenvalue weighted by atomic mass is 9.94. The smallest absolute Gasteiger partial charge is 0.240 e. The van der Waals surface area contributed by atoms with Crippen LogP contribution in [0.3, 0.4) is 0 Å². The zero-order valence-corrected chi connectivity index (χ0v) is 18.8. The molecular weight excluding hydrogens is 435 g/mol. The number of nitrogens with one attached hydrogen (secondary N) is 1. The molecule has 1 atom stereocenters. The van der Waals surface area contributed by atoms with E-state index in [-0.39, 0.29) is 24.2 Å². The van der Waals surface area contributed by atoms with Crippen LogP contribution >= 0.6 is 23.2 Å². The van der Waals surface area contributed by atoms with Gasteiger partial charge in [0.05, 0.1) is 12.1 Å². The second-order valence-electron chi connectivity index (χ2n) is 7.96. The largest absolute Gasteiger partial charge is 0.368 e. The van der Waals surface area contributed by atoms with E-state index in [1.165, 1.54) is 0 Å². The number of halogens is 2. The van der Waals surface area contributed by atoms with E-state index in [0.717, 1.165) is 35.6 Å². The van der Waals surface area contributed by atoms with Gasteiger partial charge in [0.1, 0.15) is 0 Å². The molecule has 1 saturated heterocycles. The summed E-state index contributed by atoms with van der Waals surface area (Å²) < 4.78 is 0. The van der Waals surface area contributed by atoms with Crippen molar-refractivity contribution in [3.8, 4) is 0 Å². The van der Waals surface area contributed by atoms with Crippen molar-refractivity contribution in [1.82, 2.24) is 10.3 Å². The molecule has 2 heterocycles. The number of carbonyl (C=O) groups is 2. The van der Waals surface area contributed by atoms with Gasteiger partial charge in [-0.15, -0.1) is 0 Å². The second-order valence-corrected chi connectivity index (χ2v) is 8.81. The molecule has 0 bridgehead atoms. The monoisotopic (exact) mass is 458 g/mol. The number of rotatable bonds is 4. The zero-order valence-electron chi connectivity index (χ0n) is 17.3. The first-order valence-electron chi connectivity index (χ1n) is 10.3. The molecule has 31 heavy (non-hydrogen) atoms. The van der Waals surface area contributed by atoms with E-state index in [4.69, 9.17) is 23.2 Å². The predicted molar refractivity (Wildman–Crippen MR) is 124 cm³/mol. The number of hydrogen-bond donors (Lipinski definition) is 1.